The predicted molar refractivity (Wildman–Crippen MR) is 94.9 cm³/mol. The molecule has 1 atom stereocenters. The number of benzene rings is 2. The second kappa shape index (κ2) is 7.05. The van der Waals surface area contributed by atoms with Crippen LogP contribution in [0.1, 0.15) is 29.3 Å². The standard InChI is InChI=1S/C19H21ClN2O/c1-14-10-11-22(13-14)19(23)16-4-8-18(9-5-16)21-12-15-2-6-17(20)7-3-15/h2-9,14,21H,10-13H2,1H3. The quantitative estimate of drug-likeness (QED) is 0.900. The van der Waals surface area contributed by atoms with Crippen molar-refractivity contribution in [3.8, 4) is 0 Å². The molecule has 3 nitrogen and oxygen atoms in total. The number of rotatable bonds is 4. The molecule has 3 rings (SSSR count). The lowest BCUT2D eigenvalue weighted by molar-refractivity contribution is 0.0788. The maximum atomic E-state index is 12.4. The molecule has 1 heterocycles. The Morgan fingerprint density at radius 3 is 2.48 bits per heavy atom. The summed E-state index contributed by atoms with van der Waals surface area (Å²) in [6, 6.07) is 15.5. The number of carbonyl (C=O) groups excluding carboxylic acids is 1. The van der Waals surface area contributed by atoms with E-state index in [0.717, 1.165) is 42.3 Å². The number of nitrogens with zero attached hydrogens (tertiary/aromatic N) is 1. The first-order chi connectivity index (χ1) is 11.1. The highest BCUT2D eigenvalue weighted by Gasteiger charge is 2.23. The maximum Gasteiger partial charge on any atom is 0.253 e. The lowest BCUT2D eigenvalue weighted by Gasteiger charge is -2.16. The zero-order chi connectivity index (χ0) is 16.2. The Labute approximate surface area is 142 Å². The molecule has 0 bridgehead atoms. The van der Waals surface area contributed by atoms with Crippen molar-refractivity contribution >= 4 is 23.2 Å². The summed E-state index contributed by atoms with van der Waals surface area (Å²) in [7, 11) is 0. The average molecular weight is 329 g/mol. The highest BCUT2D eigenvalue weighted by Crippen LogP contribution is 2.19. The fraction of sp³-hybridized carbons (Fsp3) is 0.316. The number of nitrogens with one attached hydrogen (secondary N) is 1. The van der Waals surface area contributed by atoms with Gasteiger partial charge in [0.2, 0.25) is 0 Å². The summed E-state index contributed by atoms with van der Waals surface area (Å²) in [5.41, 5.74) is 2.93. The molecule has 1 aliphatic heterocycles. The normalized spacial score (nSPS) is 17.3. The molecule has 0 radical (unpaired) electrons. The van der Waals surface area contributed by atoms with Crippen LogP contribution in [0.4, 0.5) is 5.69 Å². The molecule has 1 aliphatic rings. The molecule has 0 saturated carbocycles. The van der Waals surface area contributed by atoms with Crippen molar-refractivity contribution in [2.75, 3.05) is 18.4 Å². The van der Waals surface area contributed by atoms with E-state index >= 15 is 0 Å². The van der Waals surface area contributed by atoms with Gasteiger partial charge in [-0.1, -0.05) is 30.7 Å². The molecule has 120 valence electrons. The van der Waals surface area contributed by atoms with E-state index in [1.807, 2.05) is 53.4 Å². The number of hydrogen-bond acceptors (Lipinski definition) is 2. The fourth-order valence-electron chi connectivity index (χ4n) is 2.84. The van der Waals surface area contributed by atoms with E-state index in [-0.39, 0.29) is 5.91 Å². The van der Waals surface area contributed by atoms with Gasteiger partial charge < -0.3 is 10.2 Å². The molecular weight excluding hydrogens is 308 g/mol. The fourth-order valence-corrected chi connectivity index (χ4v) is 2.97. The average Bonchev–Trinajstić information content (AvgIpc) is 3.01. The van der Waals surface area contributed by atoms with Gasteiger partial charge >= 0.3 is 0 Å². The summed E-state index contributed by atoms with van der Waals surface area (Å²) in [5, 5.41) is 4.10. The zero-order valence-corrected chi connectivity index (χ0v) is 14.0. The summed E-state index contributed by atoms with van der Waals surface area (Å²) < 4.78 is 0. The second-order valence-electron chi connectivity index (χ2n) is 6.20. The Balaban J connectivity index is 1.58. The second-order valence-corrected chi connectivity index (χ2v) is 6.64. The summed E-state index contributed by atoms with van der Waals surface area (Å²) in [6.07, 6.45) is 1.10. The molecule has 2 aromatic carbocycles. The summed E-state index contributed by atoms with van der Waals surface area (Å²) in [6.45, 7) is 4.66. The van der Waals surface area contributed by atoms with Crippen LogP contribution in [0.15, 0.2) is 48.5 Å². The first-order valence-electron chi connectivity index (χ1n) is 7.99. The maximum absolute atomic E-state index is 12.4. The molecule has 0 aromatic heterocycles. The number of halogens is 1. The molecule has 1 unspecified atom stereocenters. The third kappa shape index (κ3) is 4.05. The van der Waals surface area contributed by atoms with Crippen LogP contribution < -0.4 is 5.32 Å². The molecule has 0 aliphatic carbocycles. The third-order valence-corrected chi connectivity index (χ3v) is 4.50. The number of likely N-dealkylation sites (tertiary alicyclic amines) is 1. The van der Waals surface area contributed by atoms with Crippen LogP contribution in [0.3, 0.4) is 0 Å². The lowest BCUT2D eigenvalue weighted by atomic mass is 10.1. The first-order valence-corrected chi connectivity index (χ1v) is 8.37. The topological polar surface area (TPSA) is 32.3 Å². The molecule has 0 spiro atoms. The van der Waals surface area contributed by atoms with Gasteiger partial charge in [0, 0.05) is 35.9 Å². The van der Waals surface area contributed by atoms with Gasteiger partial charge in [-0.15, -0.1) is 0 Å². The van der Waals surface area contributed by atoms with Crippen LogP contribution in [-0.4, -0.2) is 23.9 Å². The Bertz CT molecular complexity index is 667. The van der Waals surface area contributed by atoms with E-state index in [2.05, 4.69) is 12.2 Å². The number of amides is 1. The number of anilines is 1. The van der Waals surface area contributed by atoms with Crippen LogP contribution in [0, 0.1) is 5.92 Å². The van der Waals surface area contributed by atoms with Crippen LogP contribution >= 0.6 is 11.6 Å². The molecule has 1 N–H and O–H groups in total. The molecule has 1 fully saturated rings. The zero-order valence-electron chi connectivity index (χ0n) is 13.3. The van der Waals surface area contributed by atoms with Gasteiger partial charge in [0.25, 0.3) is 5.91 Å². The van der Waals surface area contributed by atoms with Crippen molar-refractivity contribution in [1.29, 1.82) is 0 Å². The van der Waals surface area contributed by atoms with Gasteiger partial charge in [-0.3, -0.25) is 4.79 Å². The Morgan fingerprint density at radius 1 is 1.17 bits per heavy atom. The smallest absolute Gasteiger partial charge is 0.253 e. The van der Waals surface area contributed by atoms with Crippen molar-refractivity contribution < 1.29 is 4.79 Å². The number of carbonyl (C=O) groups is 1. The van der Waals surface area contributed by atoms with E-state index in [1.54, 1.807) is 0 Å². The minimum absolute atomic E-state index is 0.138. The van der Waals surface area contributed by atoms with Crippen molar-refractivity contribution in [3.63, 3.8) is 0 Å². The lowest BCUT2D eigenvalue weighted by Crippen LogP contribution is -2.28. The minimum atomic E-state index is 0.138. The predicted octanol–water partition coefficient (Wildman–Crippen LogP) is 4.43. The largest absolute Gasteiger partial charge is 0.381 e. The Morgan fingerprint density at radius 2 is 1.87 bits per heavy atom. The van der Waals surface area contributed by atoms with E-state index in [0.29, 0.717) is 5.92 Å². The Kier molecular flexibility index (Phi) is 4.87. The molecular formula is C19H21ClN2O. The highest BCUT2D eigenvalue weighted by molar-refractivity contribution is 6.30. The first kappa shape index (κ1) is 15.9. The van der Waals surface area contributed by atoms with Crippen molar-refractivity contribution in [1.82, 2.24) is 4.90 Å². The van der Waals surface area contributed by atoms with Gasteiger partial charge in [-0.2, -0.15) is 0 Å². The van der Waals surface area contributed by atoms with Crippen LogP contribution in [-0.2, 0) is 6.54 Å². The monoisotopic (exact) mass is 328 g/mol. The molecule has 2 aromatic rings. The van der Waals surface area contributed by atoms with E-state index < -0.39 is 0 Å². The van der Waals surface area contributed by atoms with Gasteiger partial charge in [0.1, 0.15) is 0 Å². The van der Waals surface area contributed by atoms with Gasteiger partial charge in [-0.05, 0) is 54.3 Å². The minimum Gasteiger partial charge on any atom is -0.381 e. The number of hydrogen-bond donors (Lipinski definition) is 1. The Hall–Kier alpha value is -2.00. The van der Waals surface area contributed by atoms with E-state index in [9.17, 15) is 4.79 Å². The summed E-state index contributed by atoms with van der Waals surface area (Å²) in [4.78, 5) is 14.4. The van der Waals surface area contributed by atoms with Gasteiger partial charge in [0.15, 0.2) is 0 Å². The van der Waals surface area contributed by atoms with Crippen molar-refractivity contribution in [2.24, 2.45) is 5.92 Å². The van der Waals surface area contributed by atoms with E-state index in [1.165, 1.54) is 5.56 Å². The highest BCUT2D eigenvalue weighted by atomic mass is 35.5. The molecule has 4 heteroatoms. The van der Waals surface area contributed by atoms with Crippen LogP contribution in [0.25, 0.3) is 0 Å². The third-order valence-electron chi connectivity index (χ3n) is 4.25. The van der Waals surface area contributed by atoms with Gasteiger partial charge in [-0.25, -0.2) is 0 Å². The van der Waals surface area contributed by atoms with Crippen molar-refractivity contribution in [2.45, 2.75) is 19.9 Å². The van der Waals surface area contributed by atoms with Crippen LogP contribution in [0.5, 0.6) is 0 Å². The van der Waals surface area contributed by atoms with Gasteiger partial charge in [0.05, 0.1) is 0 Å². The molecule has 23 heavy (non-hydrogen) atoms. The summed E-state index contributed by atoms with van der Waals surface area (Å²) in [5.74, 6) is 0.748. The van der Waals surface area contributed by atoms with E-state index in [4.69, 9.17) is 11.6 Å². The molecule has 1 saturated heterocycles. The summed E-state index contributed by atoms with van der Waals surface area (Å²) >= 11 is 5.88. The SMILES string of the molecule is CC1CCN(C(=O)c2ccc(NCc3ccc(Cl)cc3)cc2)C1. The molecule has 1 amide bonds. The van der Waals surface area contributed by atoms with Crippen LogP contribution in [0.2, 0.25) is 5.02 Å². The van der Waals surface area contributed by atoms with Crippen molar-refractivity contribution in [3.05, 3.63) is 64.7 Å².